The molecule has 0 unspecified atom stereocenters. The van der Waals surface area contributed by atoms with E-state index in [2.05, 4.69) is 20.6 Å². The molecule has 3 aromatic carbocycles. The van der Waals surface area contributed by atoms with E-state index in [1.54, 1.807) is 0 Å². The minimum atomic E-state index is -5.36. The van der Waals surface area contributed by atoms with Crippen molar-refractivity contribution < 1.29 is 103 Å². The number of hydrogen-bond donors (Lipinski definition) is 3. The van der Waals surface area contributed by atoms with E-state index in [-0.39, 0.29) is 75.9 Å². The zero-order chi connectivity index (χ0) is 30.7. The molecule has 1 heterocycles. The molecule has 1 aromatic heterocycles. The van der Waals surface area contributed by atoms with Crippen molar-refractivity contribution in [1.82, 2.24) is 9.97 Å². The molecule has 0 bridgehead atoms. The van der Waals surface area contributed by atoms with Crippen LogP contribution in [0.4, 0.5) is 37.3 Å². The minimum Gasteiger partial charge on any atom is -0.744 e. The van der Waals surface area contributed by atoms with E-state index in [4.69, 9.17) is 17.3 Å². The Morgan fingerprint density at radius 1 is 0.773 bits per heavy atom. The molecular formula is C24H12ClF2N5Na2O8S2. The van der Waals surface area contributed by atoms with Gasteiger partial charge < -0.3 is 25.5 Å². The third-order valence-corrected chi connectivity index (χ3v) is 8.12. The molecule has 20 heteroatoms. The van der Waals surface area contributed by atoms with Gasteiger partial charge in [-0.25, -0.2) is 16.8 Å². The first-order valence-corrected chi connectivity index (χ1v) is 14.4. The zero-order valence-electron chi connectivity index (χ0n) is 22.3. The van der Waals surface area contributed by atoms with Crippen LogP contribution in [0.1, 0.15) is 31.8 Å². The zero-order valence-corrected chi connectivity index (χ0v) is 28.7. The van der Waals surface area contributed by atoms with Gasteiger partial charge >= 0.3 is 65.2 Å². The number of ketones is 2. The summed E-state index contributed by atoms with van der Waals surface area (Å²) in [6.07, 6.45) is -1.51. The summed E-state index contributed by atoms with van der Waals surface area (Å²) in [6.45, 7) is 0. The van der Waals surface area contributed by atoms with Crippen LogP contribution in [0, 0.1) is 12.0 Å². The van der Waals surface area contributed by atoms with Crippen LogP contribution in [0.5, 0.6) is 0 Å². The number of nitrogens with two attached hydrogens (primary N) is 1. The Morgan fingerprint density at radius 3 is 1.91 bits per heavy atom. The molecule has 44 heavy (non-hydrogen) atoms. The van der Waals surface area contributed by atoms with Crippen molar-refractivity contribution in [2.75, 3.05) is 16.4 Å². The molecule has 4 aromatic rings. The summed E-state index contributed by atoms with van der Waals surface area (Å²) >= 11 is 5.71. The van der Waals surface area contributed by atoms with Gasteiger partial charge in [0.25, 0.3) is 0 Å². The fourth-order valence-electron chi connectivity index (χ4n) is 4.27. The van der Waals surface area contributed by atoms with E-state index < -0.39 is 92.6 Å². The van der Waals surface area contributed by atoms with Gasteiger partial charge in [-0.15, -0.1) is 0 Å². The van der Waals surface area contributed by atoms with E-state index in [0.717, 1.165) is 18.2 Å². The fourth-order valence-corrected chi connectivity index (χ4v) is 5.69. The van der Waals surface area contributed by atoms with Crippen LogP contribution in [-0.2, 0) is 20.2 Å². The molecule has 0 amide bonds. The van der Waals surface area contributed by atoms with Gasteiger partial charge in [-0.05, 0) is 24.3 Å². The number of nitrogens with one attached hydrogen (secondary N) is 2. The Bertz CT molecular complexity index is 2100. The van der Waals surface area contributed by atoms with Crippen molar-refractivity contribution in [1.29, 1.82) is 0 Å². The number of rotatable bonds is 6. The molecule has 0 radical (unpaired) electrons. The van der Waals surface area contributed by atoms with Crippen LogP contribution < -0.4 is 75.5 Å². The molecule has 4 N–H and O–H groups in total. The number of carbonyl (C=O) groups is 2. The predicted octanol–water partition coefficient (Wildman–Crippen LogP) is -2.93. The van der Waals surface area contributed by atoms with Crippen molar-refractivity contribution in [3.63, 3.8) is 0 Å². The normalized spacial score (nSPS) is 12.4. The van der Waals surface area contributed by atoms with Crippen LogP contribution in [0.25, 0.3) is 0 Å². The number of anilines is 5. The number of hydrogen-bond acceptors (Lipinski definition) is 13. The maximum atomic E-state index is 13.7. The molecule has 1 aliphatic carbocycles. The number of halogens is 3. The topological polar surface area (TPSA) is 224 Å². The monoisotopic (exact) mass is 681 g/mol. The summed E-state index contributed by atoms with van der Waals surface area (Å²) in [5.74, 6) is -3.75. The molecule has 216 valence electrons. The number of benzene rings is 3. The molecule has 0 fully saturated rings. The molecular weight excluding hydrogens is 670 g/mol. The summed E-state index contributed by atoms with van der Waals surface area (Å²) < 4.78 is 99.8. The molecule has 5 rings (SSSR count). The Kier molecular flexibility index (Phi) is 10.7. The average Bonchev–Trinajstić information content (AvgIpc) is 2.90. The Labute approximate surface area is 296 Å². The van der Waals surface area contributed by atoms with Crippen LogP contribution in [0.3, 0.4) is 0 Å². The maximum absolute atomic E-state index is 13.7. The van der Waals surface area contributed by atoms with Crippen LogP contribution >= 0.6 is 11.6 Å². The summed E-state index contributed by atoms with van der Waals surface area (Å²) in [5, 5.41) is 4.02. The summed E-state index contributed by atoms with van der Waals surface area (Å²) in [6, 6.07) is 8.92. The van der Waals surface area contributed by atoms with Crippen molar-refractivity contribution in [2.24, 2.45) is 0 Å². The van der Waals surface area contributed by atoms with Crippen molar-refractivity contribution in [3.8, 4) is 0 Å². The van der Waals surface area contributed by atoms with Crippen molar-refractivity contribution >= 4 is 72.0 Å². The minimum absolute atomic E-state index is 0. The third-order valence-electron chi connectivity index (χ3n) is 6.04. The number of fused-ring (bicyclic) bond motifs is 2. The van der Waals surface area contributed by atoms with E-state index in [9.17, 15) is 44.3 Å². The van der Waals surface area contributed by atoms with Gasteiger partial charge in [0.05, 0.1) is 38.0 Å². The molecule has 0 spiro atoms. The second-order valence-corrected chi connectivity index (χ2v) is 11.7. The molecule has 0 saturated heterocycles. The molecule has 0 atom stereocenters. The van der Waals surface area contributed by atoms with Gasteiger partial charge in [-0.3, -0.25) is 9.59 Å². The van der Waals surface area contributed by atoms with Crippen molar-refractivity contribution in [3.05, 3.63) is 87.8 Å². The summed E-state index contributed by atoms with van der Waals surface area (Å²) in [5.41, 5.74) is 2.44. The van der Waals surface area contributed by atoms with E-state index in [1.165, 1.54) is 24.3 Å². The number of nitrogens with zero attached hydrogens (tertiary/aromatic N) is 2. The quantitative estimate of drug-likeness (QED) is 0.0537. The second-order valence-electron chi connectivity index (χ2n) is 8.60. The second kappa shape index (κ2) is 13.1. The van der Waals surface area contributed by atoms with Gasteiger partial charge in [0.1, 0.15) is 25.3 Å². The predicted molar refractivity (Wildman–Crippen MR) is 140 cm³/mol. The van der Waals surface area contributed by atoms with Crippen LogP contribution in [0.15, 0.2) is 58.3 Å². The van der Waals surface area contributed by atoms with E-state index >= 15 is 0 Å². The maximum Gasteiger partial charge on any atom is 1.00 e. The van der Waals surface area contributed by atoms with Crippen LogP contribution in [-0.4, -0.2) is 47.5 Å². The first kappa shape index (κ1) is 35.9. The Balaban J connectivity index is 0.00000264. The average molecular weight is 682 g/mol. The Morgan fingerprint density at radius 2 is 1.34 bits per heavy atom. The molecule has 1 aliphatic rings. The van der Waals surface area contributed by atoms with E-state index in [0.29, 0.717) is 6.07 Å². The SMILES string of the molecule is Nc1c(S(=O)(=O)[O-])cc(Nc2ccc(Nc3nc(F)nc(F)c3Cl)cc2S(=O)(=O)[O-])c2c1C(=O)c1ccccc1C2=O.[Na+].[Na+]. The first-order chi connectivity index (χ1) is 19.6. The van der Waals surface area contributed by atoms with Crippen molar-refractivity contribution in [2.45, 2.75) is 9.79 Å². The summed E-state index contributed by atoms with van der Waals surface area (Å²) in [4.78, 5) is 30.7. The van der Waals surface area contributed by atoms with Gasteiger partial charge in [0, 0.05) is 16.8 Å². The van der Waals surface area contributed by atoms with Gasteiger partial charge in [-0.1, -0.05) is 35.9 Å². The number of nitrogen functional groups attached to an aromatic ring is 1. The number of carbonyl (C=O) groups excluding carboxylic acids is 2. The van der Waals surface area contributed by atoms with Gasteiger partial charge in [0.15, 0.2) is 17.4 Å². The van der Waals surface area contributed by atoms with Gasteiger partial charge in [0.2, 0.25) is 5.95 Å². The number of aromatic nitrogens is 2. The fraction of sp³-hybridized carbons (Fsp3) is 0. The van der Waals surface area contributed by atoms with Crippen LogP contribution in [0.2, 0.25) is 5.02 Å². The largest absolute Gasteiger partial charge is 1.00 e. The summed E-state index contributed by atoms with van der Waals surface area (Å²) in [7, 11) is -10.7. The molecule has 0 saturated carbocycles. The standard InChI is InChI=1S/C24H14ClF2N5O8S2.2Na/c25-18-22(26)31-24(27)32-23(18)29-9-5-6-12(14(7-9)41(35,36)37)30-13-8-15(42(38,39)40)19(28)17-16(13)20(33)10-3-1-2-4-11(10)21(17)34;;/h1-8,30H,28H2,(H,29,31,32)(H,35,36,37)(H,38,39,40);;/q;2*+1/p-2. The Hall–Kier alpha value is -2.55. The molecule has 0 aliphatic heterocycles. The third kappa shape index (κ3) is 6.68. The van der Waals surface area contributed by atoms with Gasteiger partial charge in [-0.2, -0.15) is 18.7 Å². The van der Waals surface area contributed by atoms with E-state index in [1.807, 2.05) is 0 Å². The smallest absolute Gasteiger partial charge is 0.744 e. The first-order valence-electron chi connectivity index (χ1n) is 11.2. The molecule has 13 nitrogen and oxygen atoms in total.